The van der Waals surface area contributed by atoms with Crippen molar-refractivity contribution in [1.82, 2.24) is 14.8 Å². The van der Waals surface area contributed by atoms with Crippen molar-refractivity contribution in [2.24, 2.45) is 0 Å². The van der Waals surface area contributed by atoms with Crippen molar-refractivity contribution in [3.05, 3.63) is 90.6 Å². The molecule has 5 rings (SSSR count). The zero-order valence-corrected chi connectivity index (χ0v) is 14.9. The minimum absolute atomic E-state index is 0.0199. The van der Waals surface area contributed by atoms with Gasteiger partial charge in [0.2, 0.25) is 0 Å². The Kier molecular flexibility index (Phi) is 3.88. The highest BCUT2D eigenvalue weighted by Crippen LogP contribution is 2.35. The van der Waals surface area contributed by atoms with Crippen LogP contribution in [0.2, 0.25) is 0 Å². The molecule has 0 atom stereocenters. The number of fused-ring (bicyclic) bond motifs is 3. The molecule has 5 heteroatoms. The van der Waals surface area contributed by atoms with Crippen LogP contribution in [0.4, 0.5) is 4.39 Å². The quantitative estimate of drug-likeness (QED) is 0.493. The fraction of sp³-hybridized carbons (Fsp3) is 0.0435. The lowest BCUT2D eigenvalue weighted by molar-refractivity contribution is 0.282. The maximum atomic E-state index is 13.3. The molecule has 0 aliphatic rings. The Morgan fingerprint density at radius 1 is 0.893 bits per heavy atom. The molecule has 0 unspecified atom stereocenters. The van der Waals surface area contributed by atoms with Gasteiger partial charge in [0.15, 0.2) is 0 Å². The Morgan fingerprint density at radius 3 is 2.43 bits per heavy atom. The largest absolute Gasteiger partial charge is 0.392 e. The Bertz CT molecular complexity index is 1290. The van der Waals surface area contributed by atoms with Crippen molar-refractivity contribution >= 4 is 21.7 Å². The standard InChI is InChI=1S/C23H16FN3O/c24-18-5-7-19(8-6-18)27-23-17(12-26-27)11-21(22-13-25-10-9-20(22)23)16-3-1-15(14-28)2-4-16/h1-13,28H,14H2. The van der Waals surface area contributed by atoms with Gasteiger partial charge in [0.05, 0.1) is 24.0 Å². The van der Waals surface area contributed by atoms with E-state index >= 15 is 0 Å². The third-order valence-electron chi connectivity index (χ3n) is 4.98. The van der Waals surface area contributed by atoms with Crippen molar-refractivity contribution < 1.29 is 9.50 Å². The summed E-state index contributed by atoms with van der Waals surface area (Å²) in [6.07, 6.45) is 5.44. The van der Waals surface area contributed by atoms with Crippen LogP contribution in [0.5, 0.6) is 0 Å². The molecule has 28 heavy (non-hydrogen) atoms. The van der Waals surface area contributed by atoms with E-state index in [2.05, 4.69) is 16.1 Å². The van der Waals surface area contributed by atoms with Gasteiger partial charge in [-0.2, -0.15) is 5.10 Å². The molecule has 2 aromatic heterocycles. The molecule has 0 spiro atoms. The highest BCUT2D eigenvalue weighted by molar-refractivity contribution is 6.12. The van der Waals surface area contributed by atoms with E-state index in [1.54, 1.807) is 18.3 Å². The van der Waals surface area contributed by atoms with E-state index in [0.717, 1.165) is 44.1 Å². The summed E-state index contributed by atoms with van der Waals surface area (Å²) in [7, 11) is 0. The highest BCUT2D eigenvalue weighted by Gasteiger charge is 2.14. The van der Waals surface area contributed by atoms with Crippen molar-refractivity contribution in [2.45, 2.75) is 6.61 Å². The first-order valence-electron chi connectivity index (χ1n) is 8.95. The molecule has 0 aliphatic heterocycles. The van der Waals surface area contributed by atoms with Gasteiger partial charge in [0.25, 0.3) is 0 Å². The molecule has 5 aromatic rings. The number of hydrogen-bond donors (Lipinski definition) is 1. The van der Waals surface area contributed by atoms with E-state index in [4.69, 9.17) is 0 Å². The Hall–Kier alpha value is -3.57. The first-order chi connectivity index (χ1) is 13.7. The molecular weight excluding hydrogens is 353 g/mol. The van der Waals surface area contributed by atoms with Gasteiger partial charge in [0.1, 0.15) is 5.82 Å². The van der Waals surface area contributed by atoms with E-state index < -0.39 is 0 Å². The zero-order valence-electron chi connectivity index (χ0n) is 14.9. The SMILES string of the molecule is OCc1ccc(-c2cc3cnn(-c4ccc(F)cc4)c3c3ccncc23)cc1. The lowest BCUT2D eigenvalue weighted by atomic mass is 9.96. The van der Waals surface area contributed by atoms with Gasteiger partial charge < -0.3 is 5.11 Å². The Morgan fingerprint density at radius 2 is 1.68 bits per heavy atom. The fourth-order valence-electron chi connectivity index (χ4n) is 3.59. The van der Waals surface area contributed by atoms with Gasteiger partial charge in [-0.1, -0.05) is 24.3 Å². The van der Waals surface area contributed by atoms with Crippen LogP contribution >= 0.6 is 0 Å². The van der Waals surface area contributed by atoms with Crippen molar-refractivity contribution in [3.8, 4) is 16.8 Å². The molecule has 1 N–H and O–H groups in total. The molecule has 0 aliphatic carbocycles. The summed E-state index contributed by atoms with van der Waals surface area (Å²) in [5, 5.41) is 16.9. The first kappa shape index (κ1) is 16.6. The number of aromatic nitrogens is 3. The molecule has 2 heterocycles. The molecule has 136 valence electrons. The van der Waals surface area contributed by atoms with Crippen LogP contribution in [-0.2, 0) is 6.61 Å². The molecule has 0 saturated heterocycles. The van der Waals surface area contributed by atoms with Gasteiger partial charge in [-0.25, -0.2) is 9.07 Å². The summed E-state index contributed by atoms with van der Waals surface area (Å²) in [6.45, 7) is 0.0199. The summed E-state index contributed by atoms with van der Waals surface area (Å²) in [6, 6.07) is 18.2. The molecule has 0 saturated carbocycles. The van der Waals surface area contributed by atoms with E-state index in [1.807, 2.05) is 47.4 Å². The average molecular weight is 369 g/mol. The Balaban J connectivity index is 1.79. The minimum Gasteiger partial charge on any atom is -0.392 e. The highest BCUT2D eigenvalue weighted by atomic mass is 19.1. The smallest absolute Gasteiger partial charge is 0.123 e. The second-order valence-corrected chi connectivity index (χ2v) is 6.67. The van der Waals surface area contributed by atoms with Crippen LogP contribution in [0.1, 0.15) is 5.56 Å². The second kappa shape index (κ2) is 6.55. The maximum absolute atomic E-state index is 13.3. The molecule has 0 fully saturated rings. The summed E-state index contributed by atoms with van der Waals surface area (Å²) >= 11 is 0. The van der Waals surface area contributed by atoms with Crippen LogP contribution in [0, 0.1) is 5.82 Å². The number of hydrogen-bond acceptors (Lipinski definition) is 3. The minimum atomic E-state index is -0.275. The van der Waals surface area contributed by atoms with Gasteiger partial charge in [-0.3, -0.25) is 4.98 Å². The molecular formula is C23H16FN3O. The molecule has 0 amide bonds. The summed E-state index contributed by atoms with van der Waals surface area (Å²) in [4.78, 5) is 4.32. The summed E-state index contributed by atoms with van der Waals surface area (Å²) < 4.78 is 15.2. The van der Waals surface area contributed by atoms with Crippen LogP contribution in [-0.4, -0.2) is 19.9 Å². The normalized spacial score (nSPS) is 11.4. The second-order valence-electron chi connectivity index (χ2n) is 6.67. The number of aliphatic hydroxyl groups excluding tert-OH is 1. The van der Waals surface area contributed by atoms with Crippen LogP contribution in [0.25, 0.3) is 38.5 Å². The molecule has 4 nitrogen and oxygen atoms in total. The topological polar surface area (TPSA) is 50.9 Å². The van der Waals surface area contributed by atoms with E-state index in [1.165, 1.54) is 12.1 Å². The van der Waals surface area contributed by atoms with Gasteiger partial charge in [-0.15, -0.1) is 0 Å². The fourth-order valence-corrected chi connectivity index (χ4v) is 3.59. The summed E-state index contributed by atoms with van der Waals surface area (Å²) in [5.74, 6) is -0.275. The van der Waals surface area contributed by atoms with Crippen molar-refractivity contribution in [1.29, 1.82) is 0 Å². The molecule has 3 aromatic carbocycles. The maximum Gasteiger partial charge on any atom is 0.123 e. The number of pyridine rings is 1. The number of benzene rings is 3. The number of aliphatic hydroxyl groups is 1. The average Bonchev–Trinajstić information content (AvgIpc) is 3.18. The van der Waals surface area contributed by atoms with Crippen LogP contribution < -0.4 is 0 Å². The van der Waals surface area contributed by atoms with Crippen LogP contribution in [0.15, 0.2) is 79.3 Å². The monoisotopic (exact) mass is 369 g/mol. The molecule has 0 radical (unpaired) electrons. The Labute approximate surface area is 160 Å². The lowest BCUT2D eigenvalue weighted by Gasteiger charge is -2.11. The van der Waals surface area contributed by atoms with E-state index in [-0.39, 0.29) is 12.4 Å². The number of rotatable bonds is 3. The van der Waals surface area contributed by atoms with E-state index in [9.17, 15) is 9.50 Å². The zero-order chi connectivity index (χ0) is 19.1. The number of nitrogens with zero attached hydrogens (tertiary/aromatic N) is 3. The van der Waals surface area contributed by atoms with E-state index in [0.29, 0.717) is 0 Å². The van der Waals surface area contributed by atoms with Gasteiger partial charge in [-0.05, 0) is 53.1 Å². The van der Waals surface area contributed by atoms with Gasteiger partial charge >= 0.3 is 0 Å². The molecule has 0 bridgehead atoms. The number of halogens is 1. The third-order valence-corrected chi connectivity index (χ3v) is 4.98. The summed E-state index contributed by atoms with van der Waals surface area (Å²) in [5.41, 5.74) is 4.73. The lowest BCUT2D eigenvalue weighted by Crippen LogP contribution is -1.97. The first-order valence-corrected chi connectivity index (χ1v) is 8.95. The van der Waals surface area contributed by atoms with Gasteiger partial charge in [0, 0.05) is 28.6 Å². The van der Waals surface area contributed by atoms with Crippen LogP contribution in [0.3, 0.4) is 0 Å². The predicted octanol–water partition coefficient (Wildman–Crippen LogP) is 4.87. The predicted molar refractivity (Wildman–Crippen MR) is 108 cm³/mol. The van der Waals surface area contributed by atoms with Crippen molar-refractivity contribution in [3.63, 3.8) is 0 Å². The van der Waals surface area contributed by atoms with Crippen molar-refractivity contribution in [2.75, 3.05) is 0 Å². The third kappa shape index (κ3) is 2.64.